The zero-order valence-corrected chi connectivity index (χ0v) is 19.6. The second-order valence-corrected chi connectivity index (χ2v) is 10.5. The Bertz CT molecular complexity index is 1200. The lowest BCUT2D eigenvalue weighted by molar-refractivity contribution is -0.139. The fourth-order valence-electron chi connectivity index (χ4n) is 4.44. The van der Waals surface area contributed by atoms with Crippen molar-refractivity contribution in [2.75, 3.05) is 6.54 Å². The maximum Gasteiger partial charge on any atom is 0.279 e. The third-order valence-electron chi connectivity index (χ3n) is 6.20. The number of hydroxylamine groups is 1. The van der Waals surface area contributed by atoms with Crippen LogP contribution in [0.1, 0.15) is 30.4 Å². The molecule has 0 aliphatic carbocycles. The summed E-state index contributed by atoms with van der Waals surface area (Å²) in [4.78, 5) is 12.8. The Kier molecular flexibility index (Phi) is 7.31. The second-order valence-electron chi connectivity index (χ2n) is 8.34. The first-order chi connectivity index (χ1) is 16.5. The van der Waals surface area contributed by atoms with Crippen molar-refractivity contribution in [1.29, 1.82) is 0 Å². The van der Waals surface area contributed by atoms with E-state index in [1.807, 2.05) is 60.7 Å². The number of carbonyl (C=O) groups excluding carboxylic acids is 1. The first-order valence-electron chi connectivity index (χ1n) is 11.2. The largest absolute Gasteiger partial charge is 0.489 e. The Morgan fingerprint density at radius 1 is 0.912 bits per heavy atom. The van der Waals surface area contributed by atoms with Crippen LogP contribution in [0.25, 0.3) is 0 Å². The molecular formula is C26H28N2O5S. The van der Waals surface area contributed by atoms with Gasteiger partial charge >= 0.3 is 0 Å². The Labute approximate surface area is 199 Å². The van der Waals surface area contributed by atoms with E-state index in [0.29, 0.717) is 25.3 Å². The number of amides is 1. The minimum absolute atomic E-state index is 0.00289. The summed E-state index contributed by atoms with van der Waals surface area (Å²) >= 11 is 0. The summed E-state index contributed by atoms with van der Waals surface area (Å²) in [6.07, 6.45) is 1.39. The molecule has 1 fully saturated rings. The fraction of sp³-hybridized carbons (Fsp3) is 0.269. The van der Waals surface area contributed by atoms with Crippen LogP contribution in [-0.4, -0.2) is 35.8 Å². The highest BCUT2D eigenvalue weighted by atomic mass is 32.2. The van der Waals surface area contributed by atoms with Crippen molar-refractivity contribution in [2.45, 2.75) is 42.2 Å². The number of ether oxygens (including phenoxy) is 1. The molecule has 1 heterocycles. The molecule has 0 aromatic heterocycles. The van der Waals surface area contributed by atoms with Gasteiger partial charge in [-0.2, -0.15) is 0 Å². The molecule has 1 aliphatic rings. The number of nitrogens with zero attached hydrogens (tertiary/aromatic N) is 1. The van der Waals surface area contributed by atoms with Crippen LogP contribution in [-0.2, 0) is 27.8 Å². The van der Waals surface area contributed by atoms with E-state index in [-0.39, 0.29) is 17.9 Å². The van der Waals surface area contributed by atoms with E-state index < -0.39 is 20.6 Å². The maximum absolute atomic E-state index is 13.9. The molecule has 178 valence electrons. The smallest absolute Gasteiger partial charge is 0.279 e. The molecule has 3 aromatic carbocycles. The number of hydrogen-bond acceptors (Lipinski definition) is 6. The van der Waals surface area contributed by atoms with Gasteiger partial charge in [0.2, 0.25) is 14.7 Å². The lowest BCUT2D eigenvalue weighted by Gasteiger charge is -2.44. The maximum atomic E-state index is 13.9. The van der Waals surface area contributed by atoms with E-state index in [2.05, 4.69) is 0 Å². The van der Waals surface area contributed by atoms with Crippen molar-refractivity contribution in [3.05, 3.63) is 96.1 Å². The van der Waals surface area contributed by atoms with Crippen molar-refractivity contribution < 1.29 is 23.2 Å². The summed E-state index contributed by atoms with van der Waals surface area (Å²) in [6, 6.07) is 25.1. The Morgan fingerprint density at radius 2 is 1.53 bits per heavy atom. The first kappa shape index (κ1) is 23.9. The third-order valence-corrected chi connectivity index (χ3v) is 8.63. The minimum atomic E-state index is -4.19. The van der Waals surface area contributed by atoms with Gasteiger partial charge in [-0.1, -0.05) is 60.7 Å². The van der Waals surface area contributed by atoms with Gasteiger partial charge in [-0.05, 0) is 54.7 Å². The summed E-state index contributed by atoms with van der Waals surface area (Å²) in [5.74, 6) is -0.416. The minimum Gasteiger partial charge on any atom is -0.489 e. The van der Waals surface area contributed by atoms with Gasteiger partial charge in [-0.25, -0.2) is 13.9 Å². The van der Waals surface area contributed by atoms with E-state index in [1.54, 1.807) is 22.5 Å². The van der Waals surface area contributed by atoms with E-state index in [4.69, 9.17) is 4.74 Å². The Hall–Kier alpha value is -3.20. The van der Waals surface area contributed by atoms with Gasteiger partial charge in [0.15, 0.2) is 0 Å². The Morgan fingerprint density at radius 3 is 2.15 bits per heavy atom. The molecule has 4 rings (SSSR count). The van der Waals surface area contributed by atoms with Crippen LogP contribution in [0.4, 0.5) is 0 Å². The molecule has 1 saturated heterocycles. The predicted octanol–water partition coefficient (Wildman–Crippen LogP) is 3.93. The molecule has 0 saturated carbocycles. The van der Waals surface area contributed by atoms with Gasteiger partial charge < -0.3 is 4.74 Å². The zero-order valence-electron chi connectivity index (χ0n) is 18.8. The van der Waals surface area contributed by atoms with Crippen molar-refractivity contribution in [3.63, 3.8) is 0 Å². The van der Waals surface area contributed by atoms with Gasteiger partial charge in [-0.15, -0.1) is 0 Å². The number of nitrogens with one attached hydrogen (secondary N) is 1. The molecule has 0 spiro atoms. The number of piperidine rings is 1. The normalized spacial score (nSPS) is 18.9. The lowest BCUT2D eigenvalue weighted by atomic mass is 9.99. The molecule has 2 N–H and O–H groups in total. The van der Waals surface area contributed by atoms with Crippen molar-refractivity contribution in [1.82, 2.24) is 10.4 Å². The van der Waals surface area contributed by atoms with Crippen LogP contribution < -0.4 is 10.2 Å². The summed E-state index contributed by atoms with van der Waals surface area (Å²) in [5.41, 5.74) is 3.52. The number of carbonyl (C=O) groups is 1. The predicted molar refractivity (Wildman–Crippen MR) is 128 cm³/mol. The molecule has 8 heteroatoms. The highest BCUT2D eigenvalue weighted by Gasteiger charge is 2.56. The topological polar surface area (TPSA) is 95.9 Å². The van der Waals surface area contributed by atoms with Crippen LogP contribution in [0.15, 0.2) is 89.8 Å². The highest BCUT2D eigenvalue weighted by Crippen LogP contribution is 2.39. The van der Waals surface area contributed by atoms with E-state index >= 15 is 0 Å². The van der Waals surface area contributed by atoms with E-state index in [0.717, 1.165) is 17.5 Å². The standard InChI is InChI=1S/C26H28N2O5S/c29-25(27-30)26(17-7-8-18-28(26)19-21-9-3-1-4-10-21)34(31,32)24-15-13-23(14-16-24)33-20-22-11-5-2-6-12-22/h1-6,9-16,30H,7-8,17-20H2,(H,27,29). The fourth-order valence-corrected chi connectivity index (χ4v) is 6.52. The molecule has 0 bridgehead atoms. The van der Waals surface area contributed by atoms with Crippen LogP contribution in [0.2, 0.25) is 0 Å². The zero-order chi connectivity index (χ0) is 24.0. The molecule has 7 nitrogen and oxygen atoms in total. The number of hydrogen-bond donors (Lipinski definition) is 2. The van der Waals surface area contributed by atoms with Crippen LogP contribution >= 0.6 is 0 Å². The lowest BCUT2D eigenvalue weighted by Crippen LogP contribution is -2.64. The first-order valence-corrected chi connectivity index (χ1v) is 12.7. The number of sulfone groups is 1. The number of likely N-dealkylation sites (tertiary alicyclic amines) is 1. The van der Waals surface area contributed by atoms with Gasteiger partial charge in [0.05, 0.1) is 4.90 Å². The molecule has 0 radical (unpaired) electrons. The summed E-state index contributed by atoms with van der Waals surface area (Å²) in [6.45, 7) is 1.04. The highest BCUT2D eigenvalue weighted by molar-refractivity contribution is 7.93. The van der Waals surface area contributed by atoms with E-state index in [1.165, 1.54) is 12.1 Å². The molecule has 34 heavy (non-hydrogen) atoms. The van der Waals surface area contributed by atoms with Crippen LogP contribution in [0, 0.1) is 0 Å². The molecule has 1 atom stereocenters. The van der Waals surface area contributed by atoms with Gasteiger partial charge in [-0.3, -0.25) is 14.9 Å². The molecule has 1 amide bonds. The van der Waals surface area contributed by atoms with Gasteiger partial charge in [0.25, 0.3) is 5.91 Å². The quantitative estimate of drug-likeness (QED) is 0.375. The molecule has 1 aliphatic heterocycles. The molecule has 3 aromatic rings. The van der Waals surface area contributed by atoms with Gasteiger partial charge in [0.1, 0.15) is 12.4 Å². The van der Waals surface area contributed by atoms with Gasteiger partial charge in [0, 0.05) is 13.1 Å². The van der Waals surface area contributed by atoms with Crippen molar-refractivity contribution >= 4 is 15.7 Å². The number of rotatable bonds is 8. The Balaban J connectivity index is 1.63. The summed E-state index contributed by atoms with van der Waals surface area (Å²) < 4.78 is 33.7. The monoisotopic (exact) mass is 480 g/mol. The molecular weight excluding hydrogens is 452 g/mol. The number of benzene rings is 3. The average molecular weight is 481 g/mol. The SMILES string of the molecule is O=C(NO)C1(S(=O)(=O)c2ccc(OCc3ccccc3)cc2)CCCCN1Cc1ccccc1. The van der Waals surface area contributed by atoms with Crippen LogP contribution in [0.5, 0.6) is 5.75 Å². The van der Waals surface area contributed by atoms with Crippen LogP contribution in [0.3, 0.4) is 0 Å². The molecule has 1 unspecified atom stereocenters. The van der Waals surface area contributed by atoms with Crippen molar-refractivity contribution in [3.8, 4) is 5.75 Å². The average Bonchev–Trinajstić information content (AvgIpc) is 2.88. The third kappa shape index (κ3) is 4.70. The van der Waals surface area contributed by atoms with E-state index in [9.17, 15) is 18.4 Å². The van der Waals surface area contributed by atoms with Crippen molar-refractivity contribution in [2.24, 2.45) is 0 Å². The summed E-state index contributed by atoms with van der Waals surface area (Å²) in [5, 5.41) is 9.56. The summed E-state index contributed by atoms with van der Waals surface area (Å²) in [7, 11) is -4.19. The second kappa shape index (κ2) is 10.4.